The molecule has 0 aliphatic carbocycles. The van der Waals surface area contributed by atoms with Crippen molar-refractivity contribution in [2.45, 2.75) is 57.7 Å². The van der Waals surface area contributed by atoms with Crippen LogP contribution < -0.4 is 9.62 Å². The van der Waals surface area contributed by atoms with E-state index in [0.29, 0.717) is 36.8 Å². The Labute approximate surface area is 242 Å². The average molecular weight is 584 g/mol. The molecule has 1 aliphatic rings. The van der Waals surface area contributed by atoms with Crippen molar-refractivity contribution in [2.24, 2.45) is 0 Å². The van der Waals surface area contributed by atoms with Gasteiger partial charge in [0.15, 0.2) is 0 Å². The second-order valence-corrected chi connectivity index (χ2v) is 13.3. The number of anilines is 3. The number of piperazine rings is 1. The smallest absolute Gasteiger partial charge is 0.410 e. The molecule has 1 amide bonds. The maximum Gasteiger partial charge on any atom is 0.410 e. The number of rotatable bonds is 7. The number of ether oxygens (including phenoxy) is 1. The van der Waals surface area contributed by atoms with Gasteiger partial charge in [-0.05, 0) is 94.3 Å². The highest BCUT2D eigenvalue weighted by Gasteiger charge is 2.31. The van der Waals surface area contributed by atoms with Crippen LogP contribution in [0.5, 0.6) is 0 Å². The van der Waals surface area contributed by atoms with Gasteiger partial charge in [0, 0.05) is 51.2 Å². The monoisotopic (exact) mass is 583 g/mol. The molecular weight excluding hydrogens is 545 g/mol. The number of pyridine rings is 1. The quantitative estimate of drug-likeness (QED) is 0.390. The van der Waals surface area contributed by atoms with Crippen molar-refractivity contribution < 1.29 is 22.3 Å². The largest absolute Gasteiger partial charge is 0.444 e. The molecule has 2 heterocycles. The van der Waals surface area contributed by atoms with Crippen LogP contribution in [0.4, 0.5) is 26.4 Å². The van der Waals surface area contributed by atoms with Gasteiger partial charge in [0.25, 0.3) is 10.0 Å². The fourth-order valence-corrected chi connectivity index (χ4v) is 5.78. The molecule has 41 heavy (non-hydrogen) atoms. The van der Waals surface area contributed by atoms with Gasteiger partial charge in [0.05, 0.1) is 5.69 Å². The maximum atomic E-state index is 13.3. The number of aromatic nitrogens is 1. The van der Waals surface area contributed by atoms with Crippen LogP contribution in [-0.2, 0) is 21.3 Å². The molecule has 1 saturated heterocycles. The molecule has 1 atom stereocenters. The molecule has 1 fully saturated rings. The number of carbonyl (C=O) groups excluding carboxylic acids is 1. The number of amides is 1. The summed E-state index contributed by atoms with van der Waals surface area (Å²) in [5.74, 6) is 0.101. The molecule has 0 spiro atoms. The second kappa shape index (κ2) is 12.0. The Morgan fingerprint density at radius 3 is 2.41 bits per heavy atom. The number of nitrogens with zero attached hydrogens (tertiary/aromatic N) is 4. The minimum absolute atomic E-state index is 0.0142. The maximum absolute atomic E-state index is 13.3. The fraction of sp³-hybridized carbons (Fsp3) is 0.400. The lowest BCUT2D eigenvalue weighted by atomic mass is 10.1. The van der Waals surface area contributed by atoms with Gasteiger partial charge in [-0.1, -0.05) is 6.07 Å². The molecule has 220 valence electrons. The number of nitrogens with one attached hydrogen (secondary N) is 1. The number of aryl methyl sites for hydroxylation is 1. The molecule has 2 aromatic carbocycles. The summed E-state index contributed by atoms with van der Waals surface area (Å²) in [5.41, 5.74) is 2.72. The summed E-state index contributed by atoms with van der Waals surface area (Å²) >= 11 is 0. The van der Waals surface area contributed by atoms with E-state index in [0.717, 1.165) is 17.7 Å². The summed E-state index contributed by atoms with van der Waals surface area (Å²) in [6, 6.07) is 14.5. The van der Waals surface area contributed by atoms with Crippen LogP contribution >= 0.6 is 0 Å². The van der Waals surface area contributed by atoms with E-state index in [-0.39, 0.29) is 22.8 Å². The van der Waals surface area contributed by atoms with Crippen LogP contribution in [0.15, 0.2) is 65.7 Å². The van der Waals surface area contributed by atoms with Gasteiger partial charge in [-0.25, -0.2) is 22.6 Å². The minimum atomic E-state index is -3.85. The normalized spacial score (nSPS) is 16.4. The van der Waals surface area contributed by atoms with Crippen molar-refractivity contribution in [3.8, 4) is 0 Å². The number of hydrogen-bond acceptors (Lipinski definition) is 7. The molecule has 9 nitrogen and oxygen atoms in total. The van der Waals surface area contributed by atoms with E-state index in [4.69, 9.17) is 4.74 Å². The van der Waals surface area contributed by atoms with Gasteiger partial charge in [-0.3, -0.25) is 9.21 Å². The van der Waals surface area contributed by atoms with E-state index in [2.05, 4.69) is 15.2 Å². The zero-order chi connectivity index (χ0) is 29.9. The molecule has 4 rings (SSSR count). The summed E-state index contributed by atoms with van der Waals surface area (Å²) in [6.45, 7) is 12.3. The molecule has 3 aromatic rings. The van der Waals surface area contributed by atoms with Crippen LogP contribution in [0.2, 0.25) is 0 Å². The molecule has 1 aliphatic heterocycles. The van der Waals surface area contributed by atoms with Crippen LogP contribution in [0, 0.1) is 12.7 Å². The van der Waals surface area contributed by atoms with E-state index in [9.17, 15) is 17.6 Å². The predicted octanol–water partition coefficient (Wildman–Crippen LogP) is 5.54. The lowest BCUT2D eigenvalue weighted by Gasteiger charge is -2.40. The highest BCUT2D eigenvalue weighted by molar-refractivity contribution is 7.92. The van der Waals surface area contributed by atoms with Gasteiger partial charge in [-0.15, -0.1) is 0 Å². The topological polar surface area (TPSA) is 95.1 Å². The lowest BCUT2D eigenvalue weighted by Crippen LogP contribution is -2.54. The number of benzene rings is 2. The predicted molar refractivity (Wildman–Crippen MR) is 158 cm³/mol. The number of carbonyl (C=O) groups is 1. The number of sulfonamides is 1. The van der Waals surface area contributed by atoms with E-state index < -0.39 is 15.6 Å². The molecular formula is C30H38FN5O4S. The van der Waals surface area contributed by atoms with Crippen molar-refractivity contribution in [2.75, 3.05) is 36.3 Å². The Kier molecular flexibility index (Phi) is 8.89. The minimum Gasteiger partial charge on any atom is -0.444 e. The third-order valence-electron chi connectivity index (χ3n) is 6.93. The van der Waals surface area contributed by atoms with Crippen LogP contribution in [0.25, 0.3) is 0 Å². The fourth-order valence-electron chi connectivity index (χ4n) is 4.65. The zero-order valence-electron chi connectivity index (χ0n) is 24.4. The summed E-state index contributed by atoms with van der Waals surface area (Å²) in [5, 5.41) is 3.02. The first kappa shape index (κ1) is 30.3. The van der Waals surface area contributed by atoms with E-state index in [1.807, 2.05) is 46.8 Å². The van der Waals surface area contributed by atoms with E-state index >= 15 is 0 Å². The van der Waals surface area contributed by atoms with Crippen molar-refractivity contribution in [1.29, 1.82) is 0 Å². The number of halogens is 1. The highest BCUT2D eigenvalue weighted by atomic mass is 32.2. The van der Waals surface area contributed by atoms with Crippen LogP contribution in [-0.4, -0.2) is 67.6 Å². The third kappa shape index (κ3) is 7.53. The molecule has 0 saturated carbocycles. The van der Waals surface area contributed by atoms with E-state index in [1.165, 1.54) is 35.7 Å². The lowest BCUT2D eigenvalue weighted by molar-refractivity contribution is 0.000531. The molecule has 0 radical (unpaired) electrons. The average Bonchev–Trinajstić information content (AvgIpc) is 2.90. The van der Waals surface area contributed by atoms with Crippen LogP contribution in [0.1, 0.15) is 38.8 Å². The molecule has 0 unspecified atom stereocenters. The Hall–Kier alpha value is -3.70. The van der Waals surface area contributed by atoms with Crippen LogP contribution in [0.3, 0.4) is 0 Å². The Balaban J connectivity index is 1.39. The van der Waals surface area contributed by atoms with Crippen molar-refractivity contribution in [1.82, 2.24) is 14.8 Å². The number of hydrogen-bond donors (Lipinski definition) is 1. The SMILES string of the molecule is Cc1cc(N(C)S(=O)(=O)c2ccc(Nc3ccc(F)cc3)nc2)ccc1CN1CCN(C(=O)OC(C)(C)C)[C@@H](C)C1. The van der Waals surface area contributed by atoms with Crippen molar-refractivity contribution in [3.05, 3.63) is 77.7 Å². The first-order valence-electron chi connectivity index (χ1n) is 13.5. The second-order valence-electron chi connectivity index (χ2n) is 11.4. The summed E-state index contributed by atoms with van der Waals surface area (Å²) < 4.78 is 46.6. The molecule has 1 aromatic heterocycles. The molecule has 0 bridgehead atoms. The Bertz CT molecular complexity index is 1470. The Morgan fingerprint density at radius 2 is 1.83 bits per heavy atom. The highest BCUT2D eigenvalue weighted by Crippen LogP contribution is 2.26. The van der Waals surface area contributed by atoms with Crippen molar-refractivity contribution >= 4 is 33.3 Å². The summed E-state index contributed by atoms with van der Waals surface area (Å²) in [6.07, 6.45) is 1.01. The first-order chi connectivity index (χ1) is 19.2. The third-order valence-corrected chi connectivity index (χ3v) is 8.70. The van der Waals surface area contributed by atoms with Gasteiger partial charge in [0.2, 0.25) is 0 Å². The summed E-state index contributed by atoms with van der Waals surface area (Å²) in [4.78, 5) is 20.9. The van der Waals surface area contributed by atoms with Gasteiger partial charge >= 0.3 is 6.09 Å². The summed E-state index contributed by atoms with van der Waals surface area (Å²) in [7, 11) is -2.33. The van der Waals surface area contributed by atoms with Gasteiger partial charge in [0.1, 0.15) is 22.1 Å². The van der Waals surface area contributed by atoms with E-state index in [1.54, 1.807) is 29.2 Å². The molecule has 1 N–H and O–H groups in total. The van der Waals surface area contributed by atoms with Crippen molar-refractivity contribution in [3.63, 3.8) is 0 Å². The Morgan fingerprint density at radius 1 is 1.12 bits per heavy atom. The zero-order valence-corrected chi connectivity index (χ0v) is 25.2. The standard InChI is InChI=1S/C30H38FN5O4S/c1-21-17-26(12-7-23(21)20-35-15-16-36(22(2)19-35)29(37)40-30(3,4)5)34(6)41(38,39)27-13-14-28(32-18-27)33-25-10-8-24(31)9-11-25/h7-14,17-18,22H,15-16,19-20H2,1-6H3,(H,32,33)/t22-/m0/s1. The first-order valence-corrected chi connectivity index (χ1v) is 15.0. The van der Waals surface area contributed by atoms with Gasteiger partial charge < -0.3 is 15.0 Å². The molecule has 11 heteroatoms. The van der Waals surface area contributed by atoms with Gasteiger partial charge in [-0.2, -0.15) is 0 Å².